The highest BCUT2D eigenvalue weighted by Gasteiger charge is 2.39. The van der Waals surface area contributed by atoms with Crippen LogP contribution in [0.2, 0.25) is 0 Å². The van der Waals surface area contributed by atoms with Gasteiger partial charge in [0.1, 0.15) is 10.6 Å². The van der Waals surface area contributed by atoms with Crippen LogP contribution in [0.5, 0.6) is 0 Å². The largest absolute Gasteiger partial charge is 0.497 e. The number of rotatable bonds is 3. The molecule has 96 valence electrons. The average molecular weight is 265 g/mol. The van der Waals surface area contributed by atoms with Gasteiger partial charge in [0.2, 0.25) is 9.84 Å². The predicted octanol–water partition coefficient (Wildman–Crippen LogP) is 1.61. The zero-order valence-corrected chi connectivity index (χ0v) is 10.9. The molecular weight excluding hydrogens is 250 g/mol. The van der Waals surface area contributed by atoms with E-state index in [0.29, 0.717) is 5.76 Å². The number of hydrogen-bond donors (Lipinski definition) is 1. The van der Waals surface area contributed by atoms with E-state index in [2.05, 4.69) is 0 Å². The van der Waals surface area contributed by atoms with Crippen LogP contribution in [-0.2, 0) is 14.6 Å². The van der Waals surface area contributed by atoms with Crippen LogP contribution in [-0.4, -0.2) is 20.4 Å². The number of ether oxygens (including phenoxy) is 1. The molecule has 0 radical (unpaired) electrons. The van der Waals surface area contributed by atoms with Crippen molar-refractivity contribution in [2.45, 2.75) is 16.2 Å². The summed E-state index contributed by atoms with van der Waals surface area (Å²) in [5, 5.41) is 0. The summed E-state index contributed by atoms with van der Waals surface area (Å²) in [6.07, 6.45) is 4.95. The van der Waals surface area contributed by atoms with E-state index >= 15 is 0 Å². The Morgan fingerprint density at radius 1 is 1.28 bits per heavy atom. The fourth-order valence-corrected chi connectivity index (χ4v) is 3.29. The predicted molar refractivity (Wildman–Crippen MR) is 69.4 cm³/mol. The number of allylic oxidation sites excluding steroid dienone is 1. The molecule has 0 aromatic heterocycles. The van der Waals surface area contributed by atoms with E-state index in [1.165, 1.54) is 13.2 Å². The summed E-state index contributed by atoms with van der Waals surface area (Å²) in [6, 6.07) is 8.22. The minimum Gasteiger partial charge on any atom is -0.497 e. The number of nitrogens with two attached hydrogens (primary N) is 1. The van der Waals surface area contributed by atoms with Gasteiger partial charge in [-0.1, -0.05) is 18.2 Å². The lowest BCUT2D eigenvalue weighted by Crippen LogP contribution is -2.46. The molecular formula is C13H15NO3S. The van der Waals surface area contributed by atoms with Crippen molar-refractivity contribution in [3.8, 4) is 0 Å². The lowest BCUT2D eigenvalue weighted by molar-refractivity contribution is 0.302. The maximum atomic E-state index is 12.5. The topological polar surface area (TPSA) is 69.4 Å². The van der Waals surface area contributed by atoms with Crippen LogP contribution < -0.4 is 5.73 Å². The van der Waals surface area contributed by atoms with E-state index in [1.807, 2.05) is 0 Å². The monoisotopic (exact) mass is 265 g/mol. The summed E-state index contributed by atoms with van der Waals surface area (Å²) < 4.78 is 29.9. The third kappa shape index (κ3) is 2.07. The maximum absolute atomic E-state index is 12.5. The zero-order valence-electron chi connectivity index (χ0n) is 10.0. The van der Waals surface area contributed by atoms with Gasteiger partial charge < -0.3 is 10.5 Å². The summed E-state index contributed by atoms with van der Waals surface area (Å²) in [7, 11) is -2.07. The molecule has 0 heterocycles. The molecule has 5 heteroatoms. The van der Waals surface area contributed by atoms with Gasteiger partial charge in [0.25, 0.3) is 0 Å². The molecule has 1 aromatic carbocycles. The van der Waals surface area contributed by atoms with Gasteiger partial charge in [-0.05, 0) is 30.4 Å². The van der Waals surface area contributed by atoms with Crippen molar-refractivity contribution in [1.29, 1.82) is 0 Å². The van der Waals surface area contributed by atoms with Crippen molar-refractivity contribution in [1.82, 2.24) is 0 Å². The second-order valence-corrected chi connectivity index (χ2v) is 6.36. The summed E-state index contributed by atoms with van der Waals surface area (Å²) in [5.74, 6) is 0.624. The zero-order chi connectivity index (χ0) is 13.2. The Hall–Kier alpha value is -1.59. The molecule has 0 spiro atoms. The SMILES string of the molecule is COC1=CCC(N)(S(=O)(=O)c2ccccc2)C=C1. The highest BCUT2D eigenvalue weighted by molar-refractivity contribution is 7.93. The highest BCUT2D eigenvalue weighted by atomic mass is 32.2. The first-order valence-electron chi connectivity index (χ1n) is 5.51. The van der Waals surface area contributed by atoms with Crippen LogP contribution in [0.4, 0.5) is 0 Å². The molecule has 1 atom stereocenters. The third-order valence-corrected chi connectivity index (χ3v) is 5.14. The van der Waals surface area contributed by atoms with Gasteiger partial charge in [-0.15, -0.1) is 0 Å². The summed E-state index contributed by atoms with van der Waals surface area (Å²) in [4.78, 5) is -1.18. The lowest BCUT2D eigenvalue weighted by atomic mass is 10.1. The van der Waals surface area contributed by atoms with Crippen LogP contribution in [0, 0.1) is 0 Å². The molecule has 0 saturated heterocycles. The Labute approximate surface area is 107 Å². The van der Waals surface area contributed by atoms with E-state index in [0.717, 1.165) is 0 Å². The number of benzene rings is 1. The van der Waals surface area contributed by atoms with Crippen molar-refractivity contribution in [3.63, 3.8) is 0 Å². The summed E-state index contributed by atoms with van der Waals surface area (Å²) >= 11 is 0. The summed E-state index contributed by atoms with van der Waals surface area (Å²) in [6.45, 7) is 0. The average Bonchev–Trinajstić information content (AvgIpc) is 2.40. The van der Waals surface area contributed by atoms with Crippen LogP contribution in [0.3, 0.4) is 0 Å². The molecule has 2 N–H and O–H groups in total. The van der Waals surface area contributed by atoms with Crippen LogP contribution in [0.15, 0.2) is 59.2 Å². The normalized spacial score (nSPS) is 23.6. The van der Waals surface area contributed by atoms with Crippen molar-refractivity contribution in [2.75, 3.05) is 7.11 Å². The van der Waals surface area contributed by atoms with Gasteiger partial charge in [-0.2, -0.15) is 0 Å². The Morgan fingerprint density at radius 3 is 2.44 bits per heavy atom. The first kappa shape index (κ1) is 12.9. The molecule has 0 aliphatic heterocycles. The molecule has 0 fully saturated rings. The van der Waals surface area contributed by atoms with Crippen LogP contribution in [0.1, 0.15) is 6.42 Å². The van der Waals surface area contributed by atoms with Crippen LogP contribution >= 0.6 is 0 Å². The molecule has 18 heavy (non-hydrogen) atoms. The minimum atomic E-state index is -3.60. The lowest BCUT2D eigenvalue weighted by Gasteiger charge is -2.27. The third-order valence-electron chi connectivity index (χ3n) is 2.94. The van der Waals surface area contributed by atoms with Gasteiger partial charge in [-0.25, -0.2) is 8.42 Å². The van der Waals surface area contributed by atoms with E-state index in [-0.39, 0.29) is 11.3 Å². The molecule has 0 bridgehead atoms. The van der Waals surface area contributed by atoms with Crippen LogP contribution in [0.25, 0.3) is 0 Å². The van der Waals surface area contributed by atoms with Gasteiger partial charge in [0.05, 0.1) is 12.0 Å². The fourth-order valence-electron chi connectivity index (χ4n) is 1.79. The van der Waals surface area contributed by atoms with Gasteiger partial charge in [0, 0.05) is 6.42 Å². The van der Waals surface area contributed by atoms with Crippen molar-refractivity contribution in [3.05, 3.63) is 54.3 Å². The second-order valence-electron chi connectivity index (χ2n) is 4.12. The molecule has 0 saturated carbocycles. The Morgan fingerprint density at radius 2 is 1.94 bits per heavy atom. The molecule has 1 unspecified atom stereocenters. The summed E-state index contributed by atoms with van der Waals surface area (Å²) in [5.41, 5.74) is 6.01. The second kappa shape index (κ2) is 4.59. The van der Waals surface area contributed by atoms with Gasteiger partial charge in [-0.3, -0.25) is 0 Å². The highest BCUT2D eigenvalue weighted by Crippen LogP contribution is 2.29. The van der Waals surface area contributed by atoms with Crippen molar-refractivity contribution < 1.29 is 13.2 Å². The first-order chi connectivity index (χ1) is 8.49. The van der Waals surface area contributed by atoms with E-state index in [4.69, 9.17) is 10.5 Å². The van der Waals surface area contributed by atoms with E-state index in [1.54, 1.807) is 42.5 Å². The minimum absolute atomic E-state index is 0.198. The maximum Gasteiger partial charge on any atom is 0.200 e. The van der Waals surface area contributed by atoms with Gasteiger partial charge >= 0.3 is 0 Å². The number of hydrogen-bond acceptors (Lipinski definition) is 4. The molecule has 1 aromatic rings. The standard InChI is InChI=1S/C13H15NO3S/c1-17-11-7-9-13(14,10-8-11)18(15,16)12-5-3-2-4-6-12/h2-9H,10,14H2,1H3. The first-order valence-corrected chi connectivity index (χ1v) is 7.00. The Bertz CT molecular complexity index is 590. The fraction of sp³-hybridized carbons (Fsp3) is 0.231. The van der Waals surface area contributed by atoms with Crippen molar-refractivity contribution in [2.24, 2.45) is 5.73 Å². The quantitative estimate of drug-likeness (QED) is 0.901. The Kier molecular flexibility index (Phi) is 3.28. The van der Waals surface area contributed by atoms with E-state index < -0.39 is 14.7 Å². The number of methoxy groups -OCH3 is 1. The van der Waals surface area contributed by atoms with Crippen molar-refractivity contribution >= 4 is 9.84 Å². The molecule has 4 nitrogen and oxygen atoms in total. The van der Waals surface area contributed by atoms with E-state index in [9.17, 15) is 8.42 Å². The Balaban J connectivity index is 2.39. The molecule has 0 amide bonds. The molecule has 2 rings (SSSR count). The molecule has 1 aliphatic carbocycles. The van der Waals surface area contributed by atoms with Gasteiger partial charge in [0.15, 0.2) is 0 Å². The number of sulfone groups is 1. The molecule has 1 aliphatic rings. The smallest absolute Gasteiger partial charge is 0.200 e.